The van der Waals surface area contributed by atoms with Crippen molar-refractivity contribution in [2.75, 3.05) is 6.54 Å². The number of amides is 3. The van der Waals surface area contributed by atoms with Gasteiger partial charge in [0.15, 0.2) is 0 Å². The van der Waals surface area contributed by atoms with Crippen LogP contribution in [0.4, 0.5) is 18.0 Å². The number of hydrogen-bond donors (Lipinski definition) is 3. The molecule has 0 spiro atoms. The molecule has 3 fully saturated rings. The summed E-state index contributed by atoms with van der Waals surface area (Å²) in [6.07, 6.45) is -0.0319. The van der Waals surface area contributed by atoms with Gasteiger partial charge in [0.25, 0.3) is 0 Å². The summed E-state index contributed by atoms with van der Waals surface area (Å²) in [7, 11) is 0. The van der Waals surface area contributed by atoms with Gasteiger partial charge in [-0.25, -0.2) is 9.59 Å². The van der Waals surface area contributed by atoms with Crippen molar-refractivity contribution < 1.29 is 42.2 Å². The number of carbonyl (C=O) groups excluding carboxylic acids is 3. The number of benzene rings is 1. The Hall–Kier alpha value is -4.24. The zero-order valence-electron chi connectivity index (χ0n) is 26.5. The van der Waals surface area contributed by atoms with Crippen LogP contribution in [0.25, 0.3) is 11.4 Å². The van der Waals surface area contributed by atoms with E-state index in [4.69, 9.17) is 4.74 Å². The largest absolute Gasteiger partial charge is 0.479 e. The minimum Gasteiger partial charge on any atom is -0.479 e. The summed E-state index contributed by atoms with van der Waals surface area (Å²) in [5.74, 6) is -2.47. The fourth-order valence-electron chi connectivity index (χ4n) is 6.40. The smallest absolute Gasteiger partial charge is 0.416 e. The number of carboxylic acid groups (broad SMARTS) is 1. The number of fused-ring (bicyclic) bond motifs is 2. The van der Waals surface area contributed by atoms with E-state index in [1.165, 1.54) is 21.8 Å². The van der Waals surface area contributed by atoms with Crippen LogP contribution in [-0.4, -0.2) is 83.9 Å². The lowest BCUT2D eigenvalue weighted by atomic mass is 10.0. The number of nitrogens with zero attached hydrogens (tertiary/aromatic N) is 5. The average Bonchev–Trinajstić information content (AvgIpc) is 3.31. The number of carbonyl (C=O) groups is 4. The van der Waals surface area contributed by atoms with Gasteiger partial charge in [-0.15, -0.1) is 10.2 Å². The van der Waals surface area contributed by atoms with Crippen LogP contribution in [0, 0.1) is 5.92 Å². The first kappa shape index (κ1) is 34.1. The average molecular weight is 664 g/mol. The normalized spacial score (nSPS) is 27.5. The van der Waals surface area contributed by atoms with E-state index >= 15 is 0 Å². The summed E-state index contributed by atoms with van der Waals surface area (Å²) >= 11 is 0. The van der Waals surface area contributed by atoms with Gasteiger partial charge in [0.05, 0.1) is 11.6 Å². The van der Waals surface area contributed by atoms with Gasteiger partial charge in [-0.3, -0.25) is 9.59 Å². The first-order valence-corrected chi connectivity index (χ1v) is 15.9. The number of halogens is 3. The lowest BCUT2D eigenvalue weighted by molar-refractivity contribution is -0.146. The molecule has 1 saturated carbocycles. The van der Waals surface area contributed by atoms with Crippen LogP contribution in [0.2, 0.25) is 0 Å². The summed E-state index contributed by atoms with van der Waals surface area (Å²) in [4.78, 5) is 55.6. The number of hydrogen-bond acceptors (Lipinski definition) is 8. The summed E-state index contributed by atoms with van der Waals surface area (Å²) in [5, 5.41) is 27.9. The molecule has 3 amide bonds. The maximum atomic E-state index is 14.1. The Kier molecular flexibility index (Phi) is 9.51. The molecule has 256 valence electrons. The molecule has 0 unspecified atom stereocenters. The zero-order chi connectivity index (χ0) is 34.1. The third kappa shape index (κ3) is 7.84. The summed E-state index contributed by atoms with van der Waals surface area (Å²) < 4.78 is 44.5. The molecule has 2 aliphatic heterocycles. The van der Waals surface area contributed by atoms with E-state index in [2.05, 4.69) is 26.0 Å². The maximum absolute atomic E-state index is 14.1. The molecule has 5 rings (SSSR count). The summed E-state index contributed by atoms with van der Waals surface area (Å²) in [6.45, 7) is 5.03. The van der Waals surface area contributed by atoms with E-state index in [0.29, 0.717) is 25.7 Å². The van der Waals surface area contributed by atoms with Crippen LogP contribution >= 0.6 is 0 Å². The molecule has 5 atom stereocenters. The molecule has 1 aliphatic carbocycles. The van der Waals surface area contributed by atoms with Crippen LogP contribution in [0.3, 0.4) is 0 Å². The number of nitrogens with one attached hydrogen (secondary N) is 2. The van der Waals surface area contributed by atoms with Gasteiger partial charge in [-0.2, -0.15) is 18.0 Å². The first-order chi connectivity index (χ1) is 22.1. The number of tetrazole rings is 1. The lowest BCUT2D eigenvalue weighted by Crippen LogP contribution is -2.56. The highest BCUT2D eigenvalue weighted by molar-refractivity contribution is 5.95. The molecule has 16 heteroatoms. The molecule has 3 aliphatic rings. The zero-order valence-corrected chi connectivity index (χ0v) is 26.5. The van der Waals surface area contributed by atoms with Crippen molar-refractivity contribution in [3.05, 3.63) is 29.8 Å². The number of rotatable bonds is 4. The molecular formula is C31H40F3N7O6. The Balaban J connectivity index is 1.42. The molecule has 1 aromatic carbocycles. The van der Waals surface area contributed by atoms with Crippen molar-refractivity contribution in [2.24, 2.45) is 5.92 Å². The number of carboxylic acids is 1. The molecule has 0 radical (unpaired) electrons. The Bertz CT molecular complexity index is 1490. The lowest BCUT2D eigenvalue weighted by Gasteiger charge is -2.30. The van der Waals surface area contributed by atoms with Crippen molar-refractivity contribution in [2.45, 2.75) is 114 Å². The fourth-order valence-corrected chi connectivity index (χ4v) is 6.40. The Labute approximate surface area is 269 Å². The molecule has 3 N–H and O–H groups in total. The monoisotopic (exact) mass is 663 g/mol. The number of alkyl halides is 3. The van der Waals surface area contributed by atoms with Gasteiger partial charge >= 0.3 is 18.2 Å². The van der Waals surface area contributed by atoms with E-state index in [0.717, 1.165) is 37.8 Å². The Morgan fingerprint density at radius 1 is 1.04 bits per heavy atom. The van der Waals surface area contributed by atoms with Crippen LogP contribution in [0.1, 0.15) is 90.2 Å². The van der Waals surface area contributed by atoms with Crippen molar-refractivity contribution in [1.82, 2.24) is 35.7 Å². The predicted octanol–water partition coefficient (Wildman–Crippen LogP) is 4.10. The highest BCUT2D eigenvalue weighted by Gasteiger charge is 2.62. The van der Waals surface area contributed by atoms with E-state index in [-0.39, 0.29) is 30.3 Å². The van der Waals surface area contributed by atoms with Gasteiger partial charge in [-0.1, -0.05) is 44.2 Å². The molecule has 3 heterocycles. The van der Waals surface area contributed by atoms with Gasteiger partial charge in [0, 0.05) is 18.5 Å². The molecule has 2 saturated heterocycles. The molecule has 2 aromatic rings. The second-order valence-electron chi connectivity index (χ2n) is 13.6. The molecule has 0 bridgehead atoms. The predicted molar refractivity (Wildman–Crippen MR) is 160 cm³/mol. The maximum Gasteiger partial charge on any atom is 0.416 e. The number of ether oxygens (including phenoxy) is 1. The van der Waals surface area contributed by atoms with Gasteiger partial charge in [-0.05, 0) is 63.3 Å². The van der Waals surface area contributed by atoms with Gasteiger partial charge in [0.2, 0.25) is 17.6 Å². The number of alkyl carbamates (subject to hydrolysis) is 1. The minimum atomic E-state index is -4.51. The second kappa shape index (κ2) is 13.1. The van der Waals surface area contributed by atoms with Crippen molar-refractivity contribution in [1.29, 1.82) is 0 Å². The molecular weight excluding hydrogens is 623 g/mol. The Morgan fingerprint density at radius 3 is 2.34 bits per heavy atom. The van der Waals surface area contributed by atoms with Crippen LogP contribution in [0.15, 0.2) is 24.3 Å². The number of aliphatic carboxylic acids is 1. The van der Waals surface area contributed by atoms with Gasteiger partial charge < -0.3 is 25.4 Å². The van der Waals surface area contributed by atoms with Crippen LogP contribution in [0.5, 0.6) is 0 Å². The molecule has 47 heavy (non-hydrogen) atoms. The summed E-state index contributed by atoms with van der Waals surface area (Å²) in [6, 6.07) is 1.46. The van der Waals surface area contributed by atoms with Crippen LogP contribution in [-0.2, 0) is 25.3 Å². The third-order valence-corrected chi connectivity index (χ3v) is 8.96. The summed E-state index contributed by atoms with van der Waals surface area (Å²) in [5.41, 5.74) is -2.77. The SMILES string of the molecule is CC(C)(C)OC(=O)N[C@H]1CCCCCCC[C@@H]2C[C@]2(C(=O)O)NC(=O)[C@@H]2C[C@H](n3nnc(-c4ccc(C(F)(F)F)cc4)n3)CN2C1=O. The van der Waals surface area contributed by atoms with Crippen molar-refractivity contribution in [3.63, 3.8) is 0 Å². The quantitative estimate of drug-likeness (QED) is 0.436. The van der Waals surface area contributed by atoms with Gasteiger partial charge in [0.1, 0.15) is 23.2 Å². The van der Waals surface area contributed by atoms with E-state index < -0.39 is 64.9 Å². The highest BCUT2D eigenvalue weighted by atomic mass is 19.4. The standard InChI is InChI=1S/C31H40F3N7O6/c1-29(2,3)47-28(46)35-22-10-8-6-4-5-7-9-20-16-30(20,27(44)45)36-25(42)23-15-21(17-40(23)26(22)43)41-38-24(37-39-41)18-11-13-19(14-12-18)31(32,33)34/h11-14,20-23H,4-10,15-17H2,1-3H3,(H,35,46)(H,36,42)(H,44,45)/t20-,21+,22+,23+,30+/m1/s1. The molecule has 13 nitrogen and oxygen atoms in total. The molecule has 1 aromatic heterocycles. The van der Waals surface area contributed by atoms with Crippen molar-refractivity contribution >= 4 is 23.9 Å². The topological polar surface area (TPSA) is 169 Å². The second-order valence-corrected chi connectivity index (χ2v) is 13.6. The van der Waals surface area contributed by atoms with E-state index in [1.807, 2.05) is 0 Å². The fraction of sp³-hybridized carbons (Fsp3) is 0.645. The third-order valence-electron chi connectivity index (χ3n) is 8.96. The van der Waals surface area contributed by atoms with E-state index in [9.17, 15) is 37.5 Å². The van der Waals surface area contributed by atoms with E-state index in [1.54, 1.807) is 20.8 Å². The highest BCUT2D eigenvalue weighted by Crippen LogP contribution is 2.47. The number of aromatic nitrogens is 4. The van der Waals surface area contributed by atoms with Crippen molar-refractivity contribution in [3.8, 4) is 11.4 Å². The Morgan fingerprint density at radius 2 is 1.70 bits per heavy atom. The van der Waals surface area contributed by atoms with Crippen LogP contribution < -0.4 is 10.6 Å². The minimum absolute atomic E-state index is 0.0138. The first-order valence-electron chi connectivity index (χ1n) is 15.9.